The molecule has 0 radical (unpaired) electrons. The summed E-state index contributed by atoms with van der Waals surface area (Å²) in [7, 11) is 1.72. The van der Waals surface area contributed by atoms with Crippen LogP contribution in [0.4, 0.5) is 0 Å². The molecular weight excluding hydrogens is 226 g/mol. The van der Waals surface area contributed by atoms with Crippen molar-refractivity contribution in [3.05, 3.63) is 17.5 Å². The maximum Gasteiger partial charge on any atom is 0.0638 e. The molecule has 0 spiro atoms. The fourth-order valence-electron chi connectivity index (χ4n) is 1.95. The van der Waals surface area contributed by atoms with E-state index < -0.39 is 0 Å². The first-order valence-corrected chi connectivity index (χ1v) is 7.00. The third-order valence-electron chi connectivity index (χ3n) is 3.09. The molecule has 18 heavy (non-hydrogen) atoms. The van der Waals surface area contributed by atoms with Gasteiger partial charge in [-0.3, -0.25) is 4.68 Å². The Morgan fingerprint density at radius 1 is 1.33 bits per heavy atom. The molecule has 1 heterocycles. The lowest BCUT2D eigenvalue weighted by atomic mass is 10.2. The minimum absolute atomic E-state index is 0.754. The van der Waals surface area contributed by atoms with E-state index in [0.29, 0.717) is 0 Å². The molecule has 0 aromatic carbocycles. The molecule has 0 bridgehead atoms. The van der Waals surface area contributed by atoms with Gasteiger partial charge in [0.15, 0.2) is 0 Å². The van der Waals surface area contributed by atoms with Crippen LogP contribution >= 0.6 is 0 Å². The predicted molar refractivity (Wildman–Crippen MR) is 74.7 cm³/mol. The zero-order valence-corrected chi connectivity index (χ0v) is 12.0. The minimum Gasteiger partial charge on any atom is -0.383 e. The van der Waals surface area contributed by atoms with Crippen molar-refractivity contribution in [2.75, 3.05) is 20.3 Å². The number of nitrogens with zero attached hydrogens (tertiary/aromatic N) is 2. The van der Waals surface area contributed by atoms with Crippen molar-refractivity contribution in [1.82, 2.24) is 15.1 Å². The molecule has 4 nitrogen and oxygen atoms in total. The quantitative estimate of drug-likeness (QED) is 0.651. The van der Waals surface area contributed by atoms with Crippen molar-refractivity contribution in [3.8, 4) is 0 Å². The van der Waals surface area contributed by atoms with Gasteiger partial charge in [0, 0.05) is 38.5 Å². The molecule has 0 aliphatic rings. The second-order valence-electron chi connectivity index (χ2n) is 4.73. The van der Waals surface area contributed by atoms with Crippen LogP contribution in [0.1, 0.15) is 43.9 Å². The zero-order chi connectivity index (χ0) is 13.2. The number of ether oxygens (including phenoxy) is 1. The Morgan fingerprint density at radius 3 is 2.89 bits per heavy atom. The molecule has 0 saturated heterocycles. The lowest BCUT2D eigenvalue weighted by Crippen LogP contribution is -2.18. The lowest BCUT2D eigenvalue weighted by Gasteiger charge is -2.02. The number of unbranched alkanes of at least 4 members (excludes halogenated alkanes) is 3. The van der Waals surface area contributed by atoms with E-state index in [1.807, 2.05) is 0 Å². The van der Waals surface area contributed by atoms with Crippen LogP contribution in [0.5, 0.6) is 0 Å². The standard InChI is InChI=1S/C14H27N3O/c1-4-5-6-7-9-17-12-14(13(2)16-17)11-15-8-10-18-3/h12,15H,4-11H2,1-3H3. The van der Waals surface area contributed by atoms with Crippen LogP contribution in [0, 0.1) is 6.92 Å². The molecular formula is C14H27N3O. The van der Waals surface area contributed by atoms with E-state index >= 15 is 0 Å². The normalized spacial score (nSPS) is 11.1. The first-order chi connectivity index (χ1) is 8.77. The summed E-state index contributed by atoms with van der Waals surface area (Å²) in [6.07, 6.45) is 7.31. The fourth-order valence-corrected chi connectivity index (χ4v) is 1.95. The minimum atomic E-state index is 0.754. The van der Waals surface area contributed by atoms with Gasteiger partial charge in [0.1, 0.15) is 0 Å². The van der Waals surface area contributed by atoms with Gasteiger partial charge in [-0.15, -0.1) is 0 Å². The largest absolute Gasteiger partial charge is 0.383 e. The Kier molecular flexibility index (Phi) is 7.69. The highest BCUT2D eigenvalue weighted by Crippen LogP contribution is 2.07. The number of rotatable bonds is 10. The molecule has 0 fully saturated rings. The van der Waals surface area contributed by atoms with Crippen LogP contribution in [0.2, 0.25) is 0 Å². The number of aryl methyl sites for hydroxylation is 2. The summed E-state index contributed by atoms with van der Waals surface area (Å²) in [6.45, 7) is 7.88. The van der Waals surface area contributed by atoms with Crippen molar-refractivity contribution in [2.24, 2.45) is 0 Å². The number of hydrogen-bond donors (Lipinski definition) is 1. The Morgan fingerprint density at radius 2 is 2.17 bits per heavy atom. The predicted octanol–water partition coefficient (Wildman–Crippen LogP) is 2.51. The molecule has 4 heteroatoms. The first kappa shape index (κ1) is 15.2. The van der Waals surface area contributed by atoms with Gasteiger partial charge in [-0.2, -0.15) is 5.10 Å². The van der Waals surface area contributed by atoms with Gasteiger partial charge >= 0.3 is 0 Å². The van der Waals surface area contributed by atoms with Gasteiger partial charge < -0.3 is 10.1 Å². The van der Waals surface area contributed by atoms with Gasteiger partial charge in [0.25, 0.3) is 0 Å². The van der Waals surface area contributed by atoms with E-state index in [1.54, 1.807) is 7.11 Å². The SMILES string of the molecule is CCCCCCn1cc(CNCCOC)c(C)n1. The molecule has 0 atom stereocenters. The summed E-state index contributed by atoms with van der Waals surface area (Å²) in [4.78, 5) is 0. The van der Waals surface area contributed by atoms with Crippen LogP contribution in [0.15, 0.2) is 6.20 Å². The summed E-state index contributed by atoms with van der Waals surface area (Å²) in [6, 6.07) is 0. The Hall–Kier alpha value is -0.870. The molecule has 1 rings (SSSR count). The highest BCUT2D eigenvalue weighted by atomic mass is 16.5. The van der Waals surface area contributed by atoms with Gasteiger partial charge in [0.05, 0.1) is 12.3 Å². The van der Waals surface area contributed by atoms with E-state index in [1.165, 1.54) is 31.2 Å². The van der Waals surface area contributed by atoms with Gasteiger partial charge in [-0.25, -0.2) is 0 Å². The molecule has 0 aliphatic heterocycles. The van der Waals surface area contributed by atoms with Crippen molar-refractivity contribution >= 4 is 0 Å². The summed E-state index contributed by atoms with van der Waals surface area (Å²) < 4.78 is 7.09. The number of methoxy groups -OCH3 is 1. The summed E-state index contributed by atoms with van der Waals surface area (Å²) >= 11 is 0. The fraction of sp³-hybridized carbons (Fsp3) is 0.786. The molecule has 0 aliphatic carbocycles. The van der Waals surface area contributed by atoms with E-state index in [9.17, 15) is 0 Å². The smallest absolute Gasteiger partial charge is 0.0638 e. The van der Waals surface area contributed by atoms with Crippen molar-refractivity contribution in [2.45, 2.75) is 52.6 Å². The highest BCUT2D eigenvalue weighted by molar-refractivity contribution is 5.14. The number of aromatic nitrogens is 2. The summed E-state index contributed by atoms with van der Waals surface area (Å²) in [5, 5.41) is 7.91. The van der Waals surface area contributed by atoms with Gasteiger partial charge in [-0.1, -0.05) is 26.2 Å². The molecule has 0 amide bonds. The Labute approximate surface area is 111 Å². The van der Waals surface area contributed by atoms with E-state index in [4.69, 9.17) is 4.74 Å². The molecule has 1 aromatic heterocycles. The van der Waals surface area contributed by atoms with Crippen molar-refractivity contribution in [3.63, 3.8) is 0 Å². The van der Waals surface area contributed by atoms with E-state index in [0.717, 1.165) is 31.9 Å². The highest BCUT2D eigenvalue weighted by Gasteiger charge is 2.04. The van der Waals surface area contributed by atoms with Crippen LogP contribution in [0.25, 0.3) is 0 Å². The third-order valence-corrected chi connectivity index (χ3v) is 3.09. The topological polar surface area (TPSA) is 39.1 Å². The molecule has 0 unspecified atom stereocenters. The van der Waals surface area contributed by atoms with Gasteiger partial charge in [0.2, 0.25) is 0 Å². The van der Waals surface area contributed by atoms with Crippen molar-refractivity contribution in [1.29, 1.82) is 0 Å². The Balaban J connectivity index is 2.29. The zero-order valence-electron chi connectivity index (χ0n) is 12.0. The van der Waals surface area contributed by atoms with E-state index in [-0.39, 0.29) is 0 Å². The monoisotopic (exact) mass is 253 g/mol. The molecule has 0 saturated carbocycles. The van der Waals surface area contributed by atoms with Gasteiger partial charge in [-0.05, 0) is 13.3 Å². The van der Waals surface area contributed by atoms with Crippen LogP contribution in [-0.2, 0) is 17.8 Å². The summed E-state index contributed by atoms with van der Waals surface area (Å²) in [5.41, 5.74) is 2.43. The maximum absolute atomic E-state index is 5.01. The lowest BCUT2D eigenvalue weighted by molar-refractivity contribution is 0.199. The first-order valence-electron chi connectivity index (χ1n) is 7.00. The second-order valence-corrected chi connectivity index (χ2v) is 4.73. The maximum atomic E-state index is 5.01. The number of hydrogen-bond acceptors (Lipinski definition) is 3. The third kappa shape index (κ3) is 5.65. The molecule has 104 valence electrons. The summed E-state index contributed by atoms with van der Waals surface area (Å²) in [5.74, 6) is 0. The van der Waals surface area contributed by atoms with Crippen LogP contribution in [-0.4, -0.2) is 30.0 Å². The van der Waals surface area contributed by atoms with E-state index in [2.05, 4.69) is 35.1 Å². The second kappa shape index (κ2) is 9.11. The Bertz CT molecular complexity index is 323. The van der Waals surface area contributed by atoms with Crippen LogP contribution < -0.4 is 5.32 Å². The molecule has 1 N–H and O–H groups in total. The van der Waals surface area contributed by atoms with Crippen LogP contribution in [0.3, 0.4) is 0 Å². The van der Waals surface area contributed by atoms with Crippen molar-refractivity contribution < 1.29 is 4.74 Å². The average Bonchev–Trinajstić information content (AvgIpc) is 2.71. The average molecular weight is 253 g/mol. The molecule has 1 aromatic rings. The number of nitrogens with one attached hydrogen (secondary N) is 1.